The number of aliphatic imine (C=N–C) groups is 1. The lowest BCUT2D eigenvalue weighted by molar-refractivity contribution is -0.244. The number of piperidine rings is 1. The molecule has 1 saturated heterocycles. The van der Waals surface area contributed by atoms with Crippen LogP contribution >= 0.6 is 0 Å². The zero-order chi connectivity index (χ0) is 21.4. The van der Waals surface area contributed by atoms with Gasteiger partial charge in [-0.15, -0.1) is 0 Å². The minimum atomic E-state index is -5.10. The van der Waals surface area contributed by atoms with Crippen molar-refractivity contribution in [2.45, 2.75) is 44.4 Å². The summed E-state index contributed by atoms with van der Waals surface area (Å²) in [5.74, 6) is -1.43. The third kappa shape index (κ3) is 3.93. The summed E-state index contributed by atoms with van der Waals surface area (Å²) in [7, 11) is 0. The molecule has 1 fully saturated rings. The number of carbonyl (C=O) groups excluding carboxylic acids is 1. The van der Waals surface area contributed by atoms with E-state index in [1.807, 2.05) is 24.0 Å². The average Bonchev–Trinajstić information content (AvgIpc) is 2.66. The first kappa shape index (κ1) is 21.1. The normalized spacial score (nSPS) is 25.8. The maximum atomic E-state index is 13.6. The van der Waals surface area contributed by atoms with Crippen molar-refractivity contribution in [1.82, 2.24) is 4.98 Å². The number of nitrogens with two attached hydrogens (primary N) is 2. The lowest BCUT2D eigenvalue weighted by Crippen LogP contribution is -2.55. The molecule has 29 heavy (non-hydrogen) atoms. The summed E-state index contributed by atoms with van der Waals surface area (Å²) < 4.78 is 40.7. The number of hydrogen-bond acceptors (Lipinski definition) is 6. The third-order valence-corrected chi connectivity index (χ3v) is 5.56. The molecule has 0 aromatic carbocycles. The lowest BCUT2D eigenvalue weighted by atomic mass is 9.80. The Balaban J connectivity index is 1.83. The molecule has 0 aliphatic carbocycles. The first-order valence-corrected chi connectivity index (χ1v) is 9.43. The Morgan fingerprint density at radius 2 is 2.00 bits per heavy atom. The van der Waals surface area contributed by atoms with Gasteiger partial charge < -0.3 is 21.5 Å². The number of aromatic nitrogens is 1. The summed E-state index contributed by atoms with van der Waals surface area (Å²) in [5, 5.41) is 10.3. The Hall–Kier alpha value is -2.62. The van der Waals surface area contributed by atoms with Gasteiger partial charge >= 0.3 is 6.18 Å². The average molecular weight is 411 g/mol. The van der Waals surface area contributed by atoms with E-state index in [0.717, 1.165) is 17.8 Å². The second-order valence-corrected chi connectivity index (χ2v) is 7.40. The fourth-order valence-corrected chi connectivity index (χ4v) is 3.81. The van der Waals surface area contributed by atoms with E-state index >= 15 is 0 Å². The Morgan fingerprint density at radius 3 is 2.52 bits per heavy atom. The number of hydrogen-bond donors (Lipinski definition) is 3. The molecular weight excluding hydrogens is 387 g/mol. The van der Waals surface area contributed by atoms with Crippen LogP contribution in [0.15, 0.2) is 34.6 Å². The molecule has 3 heterocycles. The smallest absolute Gasteiger partial charge is 0.401 e. The predicted octanol–water partition coefficient (Wildman–Crippen LogP) is 1.65. The van der Waals surface area contributed by atoms with Gasteiger partial charge in [0, 0.05) is 30.9 Å². The number of amidine groups is 1. The molecule has 1 atom stereocenters. The molecule has 7 nitrogen and oxygen atoms in total. The van der Waals surface area contributed by atoms with Crippen LogP contribution in [-0.4, -0.2) is 46.7 Å². The van der Waals surface area contributed by atoms with Gasteiger partial charge in [0.2, 0.25) is 0 Å². The fraction of sp³-hybridized carbons (Fsp3) is 0.526. The van der Waals surface area contributed by atoms with Crippen molar-refractivity contribution >= 4 is 17.6 Å². The van der Waals surface area contributed by atoms with Crippen molar-refractivity contribution in [3.8, 4) is 0 Å². The van der Waals surface area contributed by atoms with Gasteiger partial charge in [-0.25, -0.2) is 4.98 Å². The number of pyridine rings is 1. The molecule has 10 heteroatoms. The van der Waals surface area contributed by atoms with E-state index in [-0.39, 0.29) is 5.70 Å². The Kier molecular flexibility index (Phi) is 5.57. The number of allylic oxidation sites excluding steroid dienone is 1. The number of alkyl halides is 3. The number of anilines is 1. The van der Waals surface area contributed by atoms with Gasteiger partial charge in [0.15, 0.2) is 5.60 Å². The summed E-state index contributed by atoms with van der Waals surface area (Å²) in [6, 6.07) is 3.91. The number of aliphatic hydroxyl groups is 1. The zero-order valence-electron chi connectivity index (χ0n) is 16.0. The largest absolute Gasteiger partial charge is 0.422 e. The SMILES string of the molecule is CCc1ccc(N2CCC(C(N)=C3C(N)=NC(=O)CC3(O)C(F)(F)F)CC2)nc1. The van der Waals surface area contributed by atoms with E-state index in [9.17, 15) is 23.1 Å². The molecule has 0 spiro atoms. The van der Waals surface area contributed by atoms with Gasteiger partial charge in [-0.05, 0) is 30.9 Å². The minimum Gasteiger partial charge on any atom is -0.401 e. The summed E-state index contributed by atoms with van der Waals surface area (Å²) in [5.41, 5.74) is 8.52. The molecule has 5 N–H and O–H groups in total. The Labute approximate surface area is 166 Å². The van der Waals surface area contributed by atoms with Crippen molar-refractivity contribution < 1.29 is 23.1 Å². The molecular formula is C19H24F3N5O2. The molecule has 1 aromatic rings. The van der Waals surface area contributed by atoms with E-state index in [1.54, 1.807) is 6.20 Å². The zero-order valence-corrected chi connectivity index (χ0v) is 16.0. The first-order chi connectivity index (χ1) is 13.6. The van der Waals surface area contributed by atoms with Crippen molar-refractivity contribution in [2.75, 3.05) is 18.0 Å². The summed E-state index contributed by atoms with van der Waals surface area (Å²) in [6.07, 6.45) is -2.72. The fourth-order valence-electron chi connectivity index (χ4n) is 3.81. The van der Waals surface area contributed by atoms with Crippen LogP contribution < -0.4 is 16.4 Å². The van der Waals surface area contributed by atoms with Gasteiger partial charge in [0.25, 0.3) is 5.91 Å². The molecule has 0 radical (unpaired) electrons. The van der Waals surface area contributed by atoms with Gasteiger partial charge in [0.05, 0.1) is 12.0 Å². The molecule has 2 aliphatic heterocycles. The Bertz CT molecular complexity index is 842. The minimum absolute atomic E-state index is 0.160. The van der Waals surface area contributed by atoms with Crippen LogP contribution in [0.2, 0.25) is 0 Å². The van der Waals surface area contributed by atoms with Crippen LogP contribution in [0.1, 0.15) is 31.7 Å². The highest BCUT2D eigenvalue weighted by Crippen LogP contribution is 2.43. The van der Waals surface area contributed by atoms with Crippen LogP contribution in [0.4, 0.5) is 19.0 Å². The molecule has 0 saturated carbocycles. The second-order valence-electron chi connectivity index (χ2n) is 7.40. The summed E-state index contributed by atoms with van der Waals surface area (Å²) in [4.78, 5) is 21.4. The van der Waals surface area contributed by atoms with Crippen molar-refractivity contribution in [3.63, 3.8) is 0 Å². The predicted molar refractivity (Wildman–Crippen MR) is 102 cm³/mol. The van der Waals surface area contributed by atoms with E-state index in [1.165, 1.54) is 0 Å². The van der Waals surface area contributed by atoms with Crippen LogP contribution in [0, 0.1) is 5.92 Å². The topological polar surface area (TPSA) is 118 Å². The maximum Gasteiger partial charge on any atom is 0.422 e. The number of amides is 1. The van der Waals surface area contributed by atoms with Gasteiger partial charge in [0.1, 0.15) is 11.7 Å². The highest BCUT2D eigenvalue weighted by molar-refractivity contribution is 6.09. The monoisotopic (exact) mass is 411 g/mol. The molecule has 0 bridgehead atoms. The first-order valence-electron chi connectivity index (χ1n) is 9.43. The molecule has 1 amide bonds. The summed E-state index contributed by atoms with van der Waals surface area (Å²) in [6.45, 7) is 3.11. The molecule has 1 unspecified atom stereocenters. The van der Waals surface area contributed by atoms with Crippen LogP contribution in [0.25, 0.3) is 0 Å². The number of nitrogens with zero attached hydrogens (tertiary/aromatic N) is 3. The Morgan fingerprint density at radius 1 is 1.34 bits per heavy atom. The second kappa shape index (κ2) is 7.66. The lowest BCUT2D eigenvalue weighted by Gasteiger charge is -2.38. The van der Waals surface area contributed by atoms with E-state index in [4.69, 9.17) is 11.5 Å². The maximum absolute atomic E-state index is 13.6. The van der Waals surface area contributed by atoms with Crippen molar-refractivity contribution in [1.29, 1.82) is 0 Å². The van der Waals surface area contributed by atoms with E-state index in [2.05, 4.69) is 9.98 Å². The van der Waals surface area contributed by atoms with E-state index < -0.39 is 41.4 Å². The number of rotatable bonds is 3. The molecule has 158 valence electrons. The third-order valence-electron chi connectivity index (χ3n) is 5.56. The number of carbonyl (C=O) groups is 1. The number of aryl methyl sites for hydroxylation is 1. The van der Waals surface area contributed by atoms with E-state index in [0.29, 0.717) is 25.9 Å². The van der Waals surface area contributed by atoms with Crippen LogP contribution in [0.5, 0.6) is 0 Å². The number of halogens is 3. The summed E-state index contributed by atoms with van der Waals surface area (Å²) >= 11 is 0. The highest BCUT2D eigenvalue weighted by Gasteiger charge is 2.60. The van der Waals surface area contributed by atoms with Crippen molar-refractivity contribution in [3.05, 3.63) is 35.2 Å². The molecule has 2 aliphatic rings. The van der Waals surface area contributed by atoms with Gasteiger partial charge in [-0.1, -0.05) is 13.0 Å². The van der Waals surface area contributed by atoms with Crippen LogP contribution in [0.3, 0.4) is 0 Å². The van der Waals surface area contributed by atoms with Crippen molar-refractivity contribution in [2.24, 2.45) is 22.4 Å². The quantitative estimate of drug-likeness (QED) is 0.696. The van der Waals surface area contributed by atoms with Crippen LogP contribution in [-0.2, 0) is 11.2 Å². The van der Waals surface area contributed by atoms with Gasteiger partial charge in [-0.2, -0.15) is 18.2 Å². The molecule has 1 aromatic heterocycles. The molecule has 3 rings (SSSR count). The van der Waals surface area contributed by atoms with Gasteiger partial charge in [-0.3, -0.25) is 4.79 Å². The standard InChI is InChI=1S/C19H24F3N5O2/c1-2-11-3-4-13(25-10-11)27-7-5-12(6-8-27)16(23)15-17(24)26-14(28)9-18(15,29)19(20,21)22/h3-4,10,12,29H,2,5-9,23H2,1H3,(H2,24,26,28). The highest BCUT2D eigenvalue weighted by atomic mass is 19.4.